The second kappa shape index (κ2) is 9.03. The number of fused-ring (bicyclic) bond motifs is 1. The zero-order valence-corrected chi connectivity index (χ0v) is 22.6. The molecule has 1 atom stereocenters. The minimum Gasteiger partial charge on any atom is -0.508 e. The van der Waals surface area contributed by atoms with Gasteiger partial charge in [0.15, 0.2) is 0 Å². The first-order valence-corrected chi connectivity index (χ1v) is 13.9. The molecule has 4 aromatic carbocycles. The van der Waals surface area contributed by atoms with Gasteiger partial charge in [-0.05, 0) is 53.3 Å². The number of aromatic hydroxyl groups is 1. The number of anilines is 2. The number of hydrogen-bond donors (Lipinski definition) is 3. The summed E-state index contributed by atoms with van der Waals surface area (Å²) in [7, 11) is -4.05. The predicted molar refractivity (Wildman–Crippen MR) is 150 cm³/mol. The third-order valence-corrected chi connectivity index (χ3v) is 8.52. The molecular weight excluding hydrogens is 496 g/mol. The number of rotatable bonds is 5. The number of para-hydroxylation sites is 1. The van der Waals surface area contributed by atoms with Crippen molar-refractivity contribution in [1.82, 2.24) is 0 Å². The Kier molecular flexibility index (Phi) is 6.07. The quantitative estimate of drug-likeness (QED) is 0.293. The number of phenols is 1. The van der Waals surface area contributed by atoms with Crippen molar-refractivity contribution in [2.75, 3.05) is 10.0 Å². The summed E-state index contributed by atoms with van der Waals surface area (Å²) in [6.45, 7) is 7.90. The Hall–Kier alpha value is -4.10. The molecule has 4 aromatic rings. The van der Waals surface area contributed by atoms with Crippen LogP contribution in [0.25, 0.3) is 0 Å². The normalized spacial score (nSPS) is 17.1. The van der Waals surface area contributed by atoms with E-state index in [9.17, 15) is 18.3 Å². The molecule has 0 saturated heterocycles. The summed E-state index contributed by atoms with van der Waals surface area (Å²) in [5.41, 5.74) is 2.65. The number of amides is 1. The van der Waals surface area contributed by atoms with Gasteiger partial charge < -0.3 is 10.4 Å². The molecule has 1 heterocycles. The molecule has 0 spiro atoms. The van der Waals surface area contributed by atoms with E-state index in [1.54, 1.807) is 37.3 Å². The molecule has 6 nitrogen and oxygen atoms in total. The maximum Gasteiger partial charge on any atom is 0.261 e. The Morgan fingerprint density at radius 2 is 1.47 bits per heavy atom. The van der Waals surface area contributed by atoms with Crippen molar-refractivity contribution in [3.63, 3.8) is 0 Å². The summed E-state index contributed by atoms with van der Waals surface area (Å²) in [6, 6.07) is 26.5. The first kappa shape index (κ1) is 25.5. The van der Waals surface area contributed by atoms with Gasteiger partial charge in [0.05, 0.1) is 10.6 Å². The molecule has 38 heavy (non-hydrogen) atoms. The van der Waals surface area contributed by atoms with Crippen LogP contribution in [0.1, 0.15) is 48.6 Å². The van der Waals surface area contributed by atoms with Crippen LogP contribution in [0.4, 0.5) is 11.4 Å². The van der Waals surface area contributed by atoms with Crippen LogP contribution < -0.4 is 10.0 Å². The van der Waals surface area contributed by atoms with Crippen molar-refractivity contribution >= 4 is 27.3 Å². The Morgan fingerprint density at radius 1 is 0.842 bits per heavy atom. The lowest BCUT2D eigenvalue weighted by molar-refractivity contribution is -0.118. The third-order valence-electron chi connectivity index (χ3n) is 7.14. The number of hydrogen-bond acceptors (Lipinski definition) is 4. The molecule has 0 radical (unpaired) electrons. The largest absolute Gasteiger partial charge is 0.508 e. The SMILES string of the molecule is Cc1cc([C@@]2(c3ccccc3)C(=O)Nc3ccccc32)c(NS(=O)(=O)c2ccc(C(C)(C)C)cc2)cc1O. The smallest absolute Gasteiger partial charge is 0.261 e. The molecule has 3 N–H and O–H groups in total. The first-order chi connectivity index (χ1) is 17.9. The van der Waals surface area contributed by atoms with E-state index in [0.717, 1.165) is 5.56 Å². The second-order valence-corrected chi connectivity index (χ2v) is 12.4. The van der Waals surface area contributed by atoms with Crippen molar-refractivity contribution in [3.05, 3.63) is 119 Å². The Morgan fingerprint density at radius 3 is 2.13 bits per heavy atom. The number of sulfonamides is 1. The Balaban J connectivity index is 1.72. The molecule has 0 bridgehead atoms. The van der Waals surface area contributed by atoms with Gasteiger partial charge in [-0.2, -0.15) is 0 Å². The molecule has 5 rings (SSSR count). The van der Waals surface area contributed by atoms with Gasteiger partial charge in [-0.15, -0.1) is 0 Å². The highest BCUT2D eigenvalue weighted by Crippen LogP contribution is 2.51. The van der Waals surface area contributed by atoms with Crippen LogP contribution in [0, 0.1) is 6.92 Å². The fourth-order valence-electron chi connectivity index (χ4n) is 5.08. The van der Waals surface area contributed by atoms with E-state index in [4.69, 9.17) is 0 Å². The number of carbonyl (C=O) groups excluding carboxylic acids is 1. The molecule has 1 aliphatic heterocycles. The lowest BCUT2D eigenvalue weighted by atomic mass is 9.69. The van der Waals surface area contributed by atoms with Gasteiger partial charge in [-0.1, -0.05) is 81.4 Å². The van der Waals surface area contributed by atoms with Gasteiger partial charge in [0.25, 0.3) is 10.0 Å². The predicted octanol–water partition coefficient (Wildman–Crippen LogP) is 6.09. The molecule has 0 aliphatic carbocycles. The lowest BCUT2D eigenvalue weighted by Crippen LogP contribution is -2.38. The topological polar surface area (TPSA) is 95.5 Å². The zero-order valence-electron chi connectivity index (χ0n) is 21.7. The monoisotopic (exact) mass is 526 g/mol. The summed E-state index contributed by atoms with van der Waals surface area (Å²) in [5, 5.41) is 13.6. The molecule has 194 valence electrons. The van der Waals surface area contributed by atoms with Crippen LogP contribution in [0.3, 0.4) is 0 Å². The van der Waals surface area contributed by atoms with Crippen molar-refractivity contribution in [3.8, 4) is 5.75 Å². The van der Waals surface area contributed by atoms with Crippen LogP contribution in [0.5, 0.6) is 5.75 Å². The van der Waals surface area contributed by atoms with Gasteiger partial charge in [-0.3, -0.25) is 9.52 Å². The van der Waals surface area contributed by atoms with Gasteiger partial charge in [-0.25, -0.2) is 8.42 Å². The van der Waals surface area contributed by atoms with Gasteiger partial charge in [0.2, 0.25) is 5.91 Å². The van der Waals surface area contributed by atoms with Crippen molar-refractivity contribution in [1.29, 1.82) is 0 Å². The standard InChI is InChI=1S/C31H30N2O4S/c1-20-18-25(31(22-10-6-5-7-11-22)24-12-8-9-13-26(24)32-29(31)35)27(19-28(20)34)33-38(36,37)23-16-14-21(15-17-23)30(2,3)4/h5-19,33-34H,1-4H3,(H,32,35)/t31-/m0/s1. The maximum absolute atomic E-state index is 13.9. The van der Waals surface area contributed by atoms with Crippen LogP contribution in [0.2, 0.25) is 0 Å². The summed E-state index contributed by atoms with van der Waals surface area (Å²) < 4.78 is 29.9. The maximum atomic E-state index is 13.9. The fourth-order valence-corrected chi connectivity index (χ4v) is 6.15. The van der Waals surface area contributed by atoms with E-state index >= 15 is 0 Å². The first-order valence-electron chi connectivity index (χ1n) is 12.4. The van der Waals surface area contributed by atoms with E-state index in [-0.39, 0.29) is 27.7 Å². The molecular formula is C31H30N2O4S. The fraction of sp³-hybridized carbons (Fsp3) is 0.194. The Bertz CT molecular complexity index is 1640. The highest BCUT2D eigenvalue weighted by Gasteiger charge is 2.51. The minimum absolute atomic E-state index is 0.0792. The van der Waals surface area contributed by atoms with Crippen LogP contribution in [-0.2, 0) is 25.6 Å². The van der Waals surface area contributed by atoms with Crippen LogP contribution >= 0.6 is 0 Å². The van der Waals surface area contributed by atoms with E-state index in [0.29, 0.717) is 27.9 Å². The van der Waals surface area contributed by atoms with Gasteiger partial charge in [0, 0.05) is 22.9 Å². The zero-order chi connectivity index (χ0) is 27.3. The van der Waals surface area contributed by atoms with Gasteiger partial charge >= 0.3 is 0 Å². The van der Waals surface area contributed by atoms with Crippen molar-refractivity contribution in [2.24, 2.45) is 0 Å². The van der Waals surface area contributed by atoms with Gasteiger partial charge in [0.1, 0.15) is 11.2 Å². The third kappa shape index (κ3) is 4.13. The van der Waals surface area contributed by atoms with Crippen LogP contribution in [-0.4, -0.2) is 19.4 Å². The number of benzene rings is 4. The summed E-state index contributed by atoms with van der Waals surface area (Å²) in [5.74, 6) is -0.380. The highest BCUT2D eigenvalue weighted by molar-refractivity contribution is 7.92. The number of aryl methyl sites for hydroxylation is 1. The highest BCUT2D eigenvalue weighted by atomic mass is 32.2. The molecule has 0 aromatic heterocycles. The molecule has 0 saturated carbocycles. The number of carbonyl (C=O) groups is 1. The lowest BCUT2D eigenvalue weighted by Gasteiger charge is -2.31. The number of nitrogens with one attached hydrogen (secondary N) is 2. The Labute approximate surface area is 223 Å². The van der Waals surface area contributed by atoms with E-state index in [2.05, 4.69) is 30.8 Å². The van der Waals surface area contributed by atoms with Crippen molar-refractivity contribution in [2.45, 2.75) is 43.4 Å². The van der Waals surface area contributed by atoms with Crippen molar-refractivity contribution < 1.29 is 18.3 Å². The average Bonchev–Trinajstić information content (AvgIpc) is 3.18. The average molecular weight is 527 g/mol. The minimum atomic E-state index is -4.05. The number of phenolic OH excluding ortho intramolecular Hbond substituents is 1. The molecule has 1 aliphatic rings. The molecule has 0 unspecified atom stereocenters. The van der Waals surface area contributed by atoms with E-state index < -0.39 is 15.4 Å². The van der Waals surface area contributed by atoms with E-state index in [1.807, 2.05) is 54.6 Å². The summed E-state index contributed by atoms with van der Waals surface area (Å²) in [4.78, 5) is 14.0. The van der Waals surface area contributed by atoms with E-state index in [1.165, 1.54) is 6.07 Å². The molecule has 7 heteroatoms. The second-order valence-electron chi connectivity index (χ2n) is 10.7. The molecule has 1 amide bonds. The van der Waals surface area contributed by atoms with Crippen LogP contribution in [0.15, 0.2) is 95.9 Å². The molecule has 0 fully saturated rings. The summed E-state index contributed by atoms with van der Waals surface area (Å²) >= 11 is 0. The summed E-state index contributed by atoms with van der Waals surface area (Å²) in [6.07, 6.45) is 0.